The van der Waals surface area contributed by atoms with Crippen molar-refractivity contribution in [3.8, 4) is 67.4 Å². The first-order chi connectivity index (χ1) is 27.8. The summed E-state index contributed by atoms with van der Waals surface area (Å²) < 4.78 is 2.17. The molecule has 0 unspecified atom stereocenters. The number of hydrogen-bond acceptors (Lipinski definition) is 3. The van der Waals surface area contributed by atoms with E-state index in [1.54, 1.807) is 0 Å². The molecule has 12 rings (SSSR count). The molecule has 0 aliphatic heterocycles. The molecule has 3 heterocycles. The first-order valence-corrected chi connectivity index (χ1v) is 19.1. The molecule has 260 valence electrons. The van der Waals surface area contributed by atoms with Crippen molar-refractivity contribution in [3.05, 3.63) is 217 Å². The van der Waals surface area contributed by atoms with E-state index in [4.69, 9.17) is 15.0 Å². The van der Waals surface area contributed by atoms with Crippen LogP contribution in [0, 0.1) is 0 Å². The summed E-state index contributed by atoms with van der Waals surface area (Å²) in [6, 6.07) is 67.3. The molecule has 56 heavy (non-hydrogen) atoms. The van der Waals surface area contributed by atoms with E-state index in [9.17, 15) is 0 Å². The van der Waals surface area contributed by atoms with E-state index in [2.05, 4.69) is 187 Å². The van der Waals surface area contributed by atoms with Crippen molar-refractivity contribution in [1.82, 2.24) is 19.4 Å². The molecule has 4 heteroatoms. The van der Waals surface area contributed by atoms with Gasteiger partial charge in [-0.05, 0) is 74.8 Å². The standard InChI is InChI=1S/C52H32N4/c1-2-15-33(16-3-1)50-49(54-47-27-12-13-30-56(47)50)34-17-14-18-36(31-34)51-53-46-26-11-7-22-41(46)48(55-51)35-28-29-40-39-21-6-10-25-44(39)52(45(40)32-35)42-23-8-4-19-37(42)38-20-5-9-24-43(38)52/h1-32H. The average molecular weight is 713 g/mol. The van der Waals surface area contributed by atoms with Gasteiger partial charge in [-0.1, -0.05) is 158 Å². The number of para-hydroxylation sites is 1. The van der Waals surface area contributed by atoms with Crippen molar-refractivity contribution < 1.29 is 0 Å². The van der Waals surface area contributed by atoms with Gasteiger partial charge < -0.3 is 0 Å². The highest BCUT2D eigenvalue weighted by molar-refractivity contribution is 5.98. The molecule has 1 spiro atoms. The van der Waals surface area contributed by atoms with Crippen LogP contribution in [0.25, 0.3) is 84.0 Å². The number of rotatable bonds is 4. The van der Waals surface area contributed by atoms with Gasteiger partial charge in [0.1, 0.15) is 5.65 Å². The molecule has 0 fully saturated rings. The zero-order chi connectivity index (χ0) is 36.8. The third-order valence-corrected chi connectivity index (χ3v) is 11.8. The Morgan fingerprint density at radius 2 is 0.964 bits per heavy atom. The van der Waals surface area contributed by atoms with Gasteiger partial charge >= 0.3 is 0 Å². The fraction of sp³-hybridized carbons (Fsp3) is 0.0192. The maximum absolute atomic E-state index is 5.44. The Morgan fingerprint density at radius 3 is 1.71 bits per heavy atom. The van der Waals surface area contributed by atoms with Gasteiger partial charge in [-0.15, -0.1) is 0 Å². The summed E-state index contributed by atoms with van der Waals surface area (Å²) in [7, 11) is 0. The van der Waals surface area contributed by atoms with Crippen LogP contribution in [-0.2, 0) is 5.41 Å². The number of benzene rings is 7. The molecule has 7 aromatic carbocycles. The summed E-state index contributed by atoms with van der Waals surface area (Å²) in [6.45, 7) is 0. The van der Waals surface area contributed by atoms with Gasteiger partial charge in [-0.3, -0.25) is 4.40 Å². The molecule has 0 saturated heterocycles. The van der Waals surface area contributed by atoms with Crippen molar-refractivity contribution in [3.63, 3.8) is 0 Å². The fourth-order valence-corrected chi connectivity index (χ4v) is 9.54. The van der Waals surface area contributed by atoms with E-state index in [1.165, 1.54) is 44.5 Å². The largest absolute Gasteiger partial charge is 0.299 e. The Labute approximate surface area is 324 Å². The predicted molar refractivity (Wildman–Crippen MR) is 226 cm³/mol. The van der Waals surface area contributed by atoms with Crippen LogP contribution in [-0.4, -0.2) is 19.4 Å². The number of hydrogen-bond donors (Lipinski definition) is 0. The van der Waals surface area contributed by atoms with E-state index in [-0.39, 0.29) is 0 Å². The summed E-state index contributed by atoms with van der Waals surface area (Å²) in [6.07, 6.45) is 2.08. The Kier molecular flexibility index (Phi) is 6.52. The van der Waals surface area contributed by atoms with Crippen LogP contribution < -0.4 is 0 Å². The first-order valence-electron chi connectivity index (χ1n) is 19.1. The summed E-state index contributed by atoms with van der Waals surface area (Å²) in [4.78, 5) is 15.8. The minimum absolute atomic E-state index is 0.431. The molecule has 4 nitrogen and oxygen atoms in total. The second kappa shape index (κ2) is 11.8. The predicted octanol–water partition coefficient (Wildman–Crippen LogP) is 12.3. The molecule has 0 bridgehead atoms. The van der Waals surface area contributed by atoms with Crippen molar-refractivity contribution in [2.75, 3.05) is 0 Å². The number of pyridine rings is 1. The summed E-state index contributed by atoms with van der Waals surface area (Å²) in [5, 5.41) is 1.02. The minimum atomic E-state index is -0.431. The van der Waals surface area contributed by atoms with E-state index >= 15 is 0 Å². The van der Waals surface area contributed by atoms with Gasteiger partial charge in [0.25, 0.3) is 0 Å². The van der Waals surface area contributed by atoms with Gasteiger partial charge in [0.05, 0.1) is 28.0 Å². The quantitative estimate of drug-likeness (QED) is 0.182. The molecule has 0 N–H and O–H groups in total. The number of nitrogens with zero attached hydrogens (tertiary/aromatic N) is 4. The zero-order valence-electron chi connectivity index (χ0n) is 30.3. The Morgan fingerprint density at radius 1 is 0.375 bits per heavy atom. The fourth-order valence-electron chi connectivity index (χ4n) is 9.54. The second-order valence-corrected chi connectivity index (χ2v) is 14.7. The van der Waals surface area contributed by atoms with E-state index in [0.717, 1.165) is 55.9 Å². The maximum Gasteiger partial charge on any atom is 0.160 e. The first kappa shape index (κ1) is 31.0. The number of fused-ring (bicyclic) bond motifs is 12. The van der Waals surface area contributed by atoms with Crippen molar-refractivity contribution >= 4 is 16.6 Å². The maximum atomic E-state index is 5.44. The highest BCUT2D eigenvalue weighted by Gasteiger charge is 2.51. The van der Waals surface area contributed by atoms with Crippen molar-refractivity contribution in [1.29, 1.82) is 0 Å². The third kappa shape index (κ3) is 4.27. The van der Waals surface area contributed by atoms with E-state index in [1.807, 2.05) is 12.1 Å². The van der Waals surface area contributed by atoms with Gasteiger partial charge in [0, 0.05) is 33.8 Å². The van der Waals surface area contributed by atoms with Gasteiger partial charge in [0.15, 0.2) is 5.82 Å². The summed E-state index contributed by atoms with van der Waals surface area (Å²) in [5.41, 5.74) is 18.8. The lowest BCUT2D eigenvalue weighted by atomic mass is 9.70. The molecule has 2 aliphatic carbocycles. The zero-order valence-corrected chi connectivity index (χ0v) is 30.3. The molecule has 2 aliphatic rings. The van der Waals surface area contributed by atoms with Crippen LogP contribution in [0.4, 0.5) is 0 Å². The summed E-state index contributed by atoms with van der Waals surface area (Å²) in [5.74, 6) is 0.681. The number of aromatic nitrogens is 4. The lowest BCUT2D eigenvalue weighted by Crippen LogP contribution is -2.25. The molecule has 10 aromatic rings. The van der Waals surface area contributed by atoms with Crippen LogP contribution in [0.3, 0.4) is 0 Å². The minimum Gasteiger partial charge on any atom is -0.299 e. The van der Waals surface area contributed by atoms with Crippen LogP contribution in [0.1, 0.15) is 22.3 Å². The molecular weight excluding hydrogens is 681 g/mol. The molecule has 3 aromatic heterocycles. The lowest BCUT2D eigenvalue weighted by Gasteiger charge is -2.30. The number of imidazole rings is 1. The molecule has 0 amide bonds. The molecular formula is C52H32N4. The van der Waals surface area contributed by atoms with Gasteiger partial charge in [0.2, 0.25) is 0 Å². The van der Waals surface area contributed by atoms with Crippen LogP contribution >= 0.6 is 0 Å². The van der Waals surface area contributed by atoms with Crippen molar-refractivity contribution in [2.24, 2.45) is 0 Å². The smallest absolute Gasteiger partial charge is 0.160 e. The Bertz CT molecular complexity index is 3150. The van der Waals surface area contributed by atoms with Crippen LogP contribution in [0.15, 0.2) is 194 Å². The summed E-state index contributed by atoms with van der Waals surface area (Å²) >= 11 is 0. The highest BCUT2D eigenvalue weighted by atomic mass is 15.0. The van der Waals surface area contributed by atoms with Gasteiger partial charge in [-0.25, -0.2) is 15.0 Å². The van der Waals surface area contributed by atoms with Gasteiger partial charge in [-0.2, -0.15) is 0 Å². The normalized spacial score (nSPS) is 13.1. The van der Waals surface area contributed by atoms with E-state index in [0.29, 0.717) is 5.82 Å². The molecule has 0 atom stereocenters. The third-order valence-electron chi connectivity index (χ3n) is 11.8. The monoisotopic (exact) mass is 712 g/mol. The second-order valence-electron chi connectivity index (χ2n) is 14.7. The van der Waals surface area contributed by atoms with Crippen molar-refractivity contribution in [2.45, 2.75) is 5.41 Å². The van der Waals surface area contributed by atoms with Crippen LogP contribution in [0.5, 0.6) is 0 Å². The topological polar surface area (TPSA) is 43.1 Å². The SMILES string of the molecule is c1ccc(-c2c(-c3cccc(-c4nc(-c5ccc6c(c5)C5(c7ccccc7-c7ccccc75)c5ccccc5-6)c5ccccc5n4)c3)nc3ccccn23)cc1. The van der Waals surface area contributed by atoms with Crippen LogP contribution in [0.2, 0.25) is 0 Å². The Hall–Kier alpha value is -7.43. The average Bonchev–Trinajstić information content (AvgIpc) is 3.91. The Balaban J connectivity index is 1.06. The lowest BCUT2D eigenvalue weighted by molar-refractivity contribution is 0.794. The molecule has 0 saturated carbocycles. The molecule has 0 radical (unpaired) electrons. The highest BCUT2D eigenvalue weighted by Crippen LogP contribution is 2.63. The van der Waals surface area contributed by atoms with E-state index < -0.39 is 5.41 Å².